The fraction of sp³-hybridized carbons (Fsp3) is 0.125. The van der Waals surface area contributed by atoms with E-state index in [0.717, 1.165) is 15.8 Å². The van der Waals surface area contributed by atoms with Gasteiger partial charge < -0.3 is 15.0 Å². The summed E-state index contributed by atoms with van der Waals surface area (Å²) in [5.41, 5.74) is 2.16. The van der Waals surface area contributed by atoms with Crippen LogP contribution in [0.5, 0.6) is 0 Å². The molecule has 0 spiro atoms. The van der Waals surface area contributed by atoms with Crippen molar-refractivity contribution in [3.63, 3.8) is 0 Å². The standard InChI is InChI=1S/C16H14BrN5O3/c1-18-16(23)13-6-12(22(24)25)3-4-14(13)19-7-11-9-21-8-10(17)2-5-15(21)20-11/h2-6,8-9,19H,7H2,1H3,(H,18,23). The first-order chi connectivity index (χ1) is 12.0. The van der Waals surface area contributed by atoms with Gasteiger partial charge in [0.25, 0.3) is 11.6 Å². The van der Waals surface area contributed by atoms with Gasteiger partial charge in [0.05, 0.1) is 22.7 Å². The van der Waals surface area contributed by atoms with Crippen LogP contribution in [0.15, 0.2) is 47.2 Å². The number of amides is 1. The smallest absolute Gasteiger partial charge is 0.270 e. The molecule has 0 saturated carbocycles. The Morgan fingerprint density at radius 1 is 1.32 bits per heavy atom. The molecule has 0 atom stereocenters. The number of hydrogen-bond donors (Lipinski definition) is 2. The maximum atomic E-state index is 12.0. The highest BCUT2D eigenvalue weighted by Crippen LogP contribution is 2.23. The van der Waals surface area contributed by atoms with E-state index in [9.17, 15) is 14.9 Å². The number of anilines is 1. The molecule has 0 aliphatic carbocycles. The summed E-state index contributed by atoms with van der Waals surface area (Å²) in [6.07, 6.45) is 3.77. The van der Waals surface area contributed by atoms with Gasteiger partial charge in [0.15, 0.2) is 0 Å². The number of nitrogens with one attached hydrogen (secondary N) is 2. The zero-order chi connectivity index (χ0) is 18.0. The number of carbonyl (C=O) groups excluding carboxylic acids is 1. The highest BCUT2D eigenvalue weighted by molar-refractivity contribution is 9.10. The lowest BCUT2D eigenvalue weighted by Gasteiger charge is -2.10. The van der Waals surface area contributed by atoms with Crippen molar-refractivity contribution in [3.05, 3.63) is 68.6 Å². The zero-order valence-electron chi connectivity index (χ0n) is 13.2. The minimum absolute atomic E-state index is 0.137. The largest absolute Gasteiger partial charge is 0.379 e. The average molecular weight is 404 g/mol. The predicted molar refractivity (Wildman–Crippen MR) is 96.7 cm³/mol. The molecule has 2 aromatic heterocycles. The van der Waals surface area contributed by atoms with E-state index in [1.165, 1.54) is 25.2 Å². The van der Waals surface area contributed by atoms with Crippen LogP contribution in [0.1, 0.15) is 16.1 Å². The Balaban J connectivity index is 1.86. The number of pyridine rings is 1. The molecule has 0 saturated heterocycles. The molecule has 0 fully saturated rings. The summed E-state index contributed by atoms with van der Waals surface area (Å²) in [4.78, 5) is 26.9. The van der Waals surface area contributed by atoms with Gasteiger partial charge in [-0.05, 0) is 34.1 Å². The van der Waals surface area contributed by atoms with Gasteiger partial charge in [0.1, 0.15) is 5.65 Å². The van der Waals surface area contributed by atoms with Crippen molar-refractivity contribution in [1.82, 2.24) is 14.7 Å². The maximum absolute atomic E-state index is 12.0. The monoisotopic (exact) mass is 403 g/mol. The molecule has 1 aromatic carbocycles. The number of non-ortho nitro benzene ring substituents is 1. The number of aromatic nitrogens is 2. The number of fused-ring (bicyclic) bond motifs is 1. The van der Waals surface area contributed by atoms with Gasteiger partial charge in [-0.2, -0.15) is 0 Å². The number of nitro benzene ring substituents is 1. The fourth-order valence-electron chi connectivity index (χ4n) is 2.41. The van der Waals surface area contributed by atoms with Gasteiger partial charge in [0, 0.05) is 41.7 Å². The zero-order valence-corrected chi connectivity index (χ0v) is 14.8. The SMILES string of the molecule is CNC(=O)c1cc([N+](=O)[O-])ccc1NCc1cn2cc(Br)ccc2n1. The predicted octanol–water partition coefficient (Wildman–Crippen LogP) is 2.98. The molecule has 0 aliphatic rings. The third kappa shape index (κ3) is 3.61. The van der Waals surface area contributed by atoms with E-state index in [4.69, 9.17) is 0 Å². The first-order valence-electron chi connectivity index (χ1n) is 7.35. The Hall–Kier alpha value is -2.94. The molecule has 0 bridgehead atoms. The van der Waals surface area contributed by atoms with Crippen LogP contribution in [0.4, 0.5) is 11.4 Å². The van der Waals surface area contributed by atoms with E-state index in [-0.39, 0.29) is 11.3 Å². The number of carbonyl (C=O) groups is 1. The summed E-state index contributed by atoms with van der Waals surface area (Å²) in [5.74, 6) is -0.398. The first kappa shape index (κ1) is 16.9. The van der Waals surface area contributed by atoms with E-state index >= 15 is 0 Å². The molecule has 3 rings (SSSR count). The Kier molecular flexibility index (Phi) is 4.66. The van der Waals surface area contributed by atoms with E-state index in [1.54, 1.807) is 0 Å². The summed E-state index contributed by atoms with van der Waals surface area (Å²) in [5, 5.41) is 16.5. The molecule has 2 heterocycles. The Bertz CT molecular complexity index is 970. The number of imidazole rings is 1. The second-order valence-corrected chi connectivity index (χ2v) is 6.18. The summed E-state index contributed by atoms with van der Waals surface area (Å²) < 4.78 is 2.82. The van der Waals surface area contributed by atoms with Crippen molar-refractivity contribution in [2.75, 3.05) is 12.4 Å². The van der Waals surface area contributed by atoms with E-state index in [2.05, 4.69) is 31.5 Å². The van der Waals surface area contributed by atoms with Crippen molar-refractivity contribution in [3.8, 4) is 0 Å². The van der Waals surface area contributed by atoms with Crippen molar-refractivity contribution >= 4 is 38.9 Å². The first-order valence-corrected chi connectivity index (χ1v) is 8.15. The molecular formula is C16H14BrN5O3. The van der Waals surface area contributed by atoms with Crippen LogP contribution in [0, 0.1) is 10.1 Å². The van der Waals surface area contributed by atoms with Crippen LogP contribution < -0.4 is 10.6 Å². The van der Waals surface area contributed by atoms with Gasteiger partial charge in [-0.15, -0.1) is 0 Å². The molecule has 25 heavy (non-hydrogen) atoms. The normalized spacial score (nSPS) is 10.6. The van der Waals surface area contributed by atoms with E-state index in [1.807, 2.05) is 28.9 Å². The van der Waals surface area contributed by atoms with E-state index in [0.29, 0.717) is 12.2 Å². The lowest BCUT2D eigenvalue weighted by molar-refractivity contribution is -0.384. The van der Waals surface area contributed by atoms with Crippen LogP contribution in [0.25, 0.3) is 5.65 Å². The van der Waals surface area contributed by atoms with Crippen molar-refractivity contribution in [2.45, 2.75) is 6.54 Å². The number of hydrogen-bond acceptors (Lipinski definition) is 5. The summed E-state index contributed by atoms with van der Waals surface area (Å²) >= 11 is 3.41. The van der Waals surface area contributed by atoms with Gasteiger partial charge in [-0.25, -0.2) is 4.98 Å². The summed E-state index contributed by atoms with van der Waals surface area (Å²) in [6.45, 7) is 0.376. The Morgan fingerprint density at radius 3 is 2.84 bits per heavy atom. The summed E-state index contributed by atoms with van der Waals surface area (Å²) in [7, 11) is 1.48. The molecule has 9 heteroatoms. The molecular weight excluding hydrogens is 390 g/mol. The Morgan fingerprint density at radius 2 is 2.12 bits per heavy atom. The average Bonchev–Trinajstić information content (AvgIpc) is 3.00. The second-order valence-electron chi connectivity index (χ2n) is 5.26. The van der Waals surface area contributed by atoms with Crippen LogP contribution in [-0.4, -0.2) is 27.3 Å². The van der Waals surface area contributed by atoms with Crippen LogP contribution in [0.3, 0.4) is 0 Å². The molecule has 2 N–H and O–H groups in total. The number of halogens is 1. The Labute approximate surface area is 151 Å². The van der Waals surface area contributed by atoms with Gasteiger partial charge in [-0.1, -0.05) is 0 Å². The van der Waals surface area contributed by atoms with Gasteiger partial charge >= 0.3 is 0 Å². The van der Waals surface area contributed by atoms with Gasteiger partial charge in [0.2, 0.25) is 0 Å². The molecule has 0 radical (unpaired) electrons. The third-order valence-corrected chi connectivity index (χ3v) is 4.08. The molecule has 0 aliphatic heterocycles. The highest BCUT2D eigenvalue weighted by atomic mass is 79.9. The quantitative estimate of drug-likeness (QED) is 0.503. The minimum atomic E-state index is -0.532. The highest BCUT2D eigenvalue weighted by Gasteiger charge is 2.16. The molecule has 8 nitrogen and oxygen atoms in total. The number of rotatable bonds is 5. The number of benzene rings is 1. The number of nitro groups is 1. The van der Waals surface area contributed by atoms with Gasteiger partial charge in [-0.3, -0.25) is 14.9 Å². The molecule has 128 valence electrons. The summed E-state index contributed by atoms with van der Waals surface area (Å²) in [6, 6.07) is 7.92. The lowest BCUT2D eigenvalue weighted by atomic mass is 10.1. The lowest BCUT2D eigenvalue weighted by Crippen LogP contribution is -2.20. The minimum Gasteiger partial charge on any atom is -0.379 e. The van der Waals surface area contributed by atoms with E-state index < -0.39 is 10.8 Å². The van der Waals surface area contributed by atoms with Crippen molar-refractivity contribution in [2.24, 2.45) is 0 Å². The van der Waals surface area contributed by atoms with Crippen molar-refractivity contribution < 1.29 is 9.72 Å². The maximum Gasteiger partial charge on any atom is 0.270 e. The third-order valence-electron chi connectivity index (χ3n) is 3.61. The van der Waals surface area contributed by atoms with Crippen LogP contribution in [-0.2, 0) is 6.54 Å². The molecule has 0 unspecified atom stereocenters. The number of nitrogens with zero attached hydrogens (tertiary/aromatic N) is 3. The molecule has 1 amide bonds. The molecule has 3 aromatic rings. The topological polar surface area (TPSA) is 102 Å². The van der Waals surface area contributed by atoms with Crippen LogP contribution >= 0.6 is 15.9 Å². The van der Waals surface area contributed by atoms with Crippen LogP contribution in [0.2, 0.25) is 0 Å². The fourth-order valence-corrected chi connectivity index (χ4v) is 2.76. The van der Waals surface area contributed by atoms with Crippen molar-refractivity contribution in [1.29, 1.82) is 0 Å². The second kappa shape index (κ2) is 6.89.